The maximum atomic E-state index is 5.84. The molecule has 0 radical (unpaired) electrons. The zero-order chi connectivity index (χ0) is 9.26. The Hall–Kier alpha value is 0.100. The molecule has 72 valence electrons. The second-order valence-corrected chi connectivity index (χ2v) is 5.83. The predicted octanol–water partition coefficient (Wildman–Crippen LogP) is 2.04. The molecule has 1 saturated heterocycles. The number of hydrogen-bond acceptors (Lipinski definition) is 3. The summed E-state index contributed by atoms with van der Waals surface area (Å²) in [5.74, 6) is 0. The fourth-order valence-corrected chi connectivity index (χ4v) is 2.89. The Morgan fingerprint density at radius 1 is 1.69 bits per heavy atom. The molecule has 0 aliphatic carbocycles. The smallest absolute Gasteiger partial charge is 0.0701 e. The van der Waals surface area contributed by atoms with Crippen LogP contribution in [0.5, 0.6) is 0 Å². The number of nitrogens with two attached hydrogens (primary N) is 1. The molecule has 1 aliphatic rings. The molecule has 1 aromatic heterocycles. The van der Waals surface area contributed by atoms with Crippen LogP contribution in [-0.2, 0) is 6.54 Å². The van der Waals surface area contributed by atoms with Gasteiger partial charge in [-0.15, -0.1) is 11.3 Å². The van der Waals surface area contributed by atoms with E-state index in [4.69, 9.17) is 5.73 Å². The van der Waals surface area contributed by atoms with Crippen molar-refractivity contribution in [2.24, 2.45) is 5.73 Å². The molecule has 2 rings (SSSR count). The summed E-state index contributed by atoms with van der Waals surface area (Å²) in [5.41, 5.74) is 7.23. The van der Waals surface area contributed by atoms with Crippen LogP contribution in [0.4, 0.5) is 0 Å². The Morgan fingerprint density at radius 2 is 2.54 bits per heavy atom. The fraction of sp³-hybridized carbons (Fsp3) is 0.556. The Balaban J connectivity index is 1.91. The summed E-state index contributed by atoms with van der Waals surface area (Å²) in [6.07, 6.45) is 1.14. The summed E-state index contributed by atoms with van der Waals surface area (Å²) in [6.45, 7) is 3.25. The molecule has 2 heterocycles. The topological polar surface area (TPSA) is 29.3 Å². The molecular formula is C9H13BrN2S. The van der Waals surface area contributed by atoms with Gasteiger partial charge in [0.15, 0.2) is 0 Å². The van der Waals surface area contributed by atoms with E-state index in [1.807, 2.05) is 0 Å². The zero-order valence-electron chi connectivity index (χ0n) is 7.37. The standard InChI is InChI=1S/C9H13BrN2S/c10-9-3-7(6-13-9)4-12-2-1-8(11)5-12/h3,6,8H,1-2,4-5,11H2/t8-/m1/s1. The van der Waals surface area contributed by atoms with E-state index in [1.54, 1.807) is 11.3 Å². The third kappa shape index (κ3) is 2.53. The first-order valence-electron chi connectivity index (χ1n) is 4.45. The van der Waals surface area contributed by atoms with Crippen LogP contribution < -0.4 is 5.73 Å². The van der Waals surface area contributed by atoms with Crippen molar-refractivity contribution in [2.75, 3.05) is 13.1 Å². The minimum absolute atomic E-state index is 0.391. The summed E-state index contributed by atoms with van der Waals surface area (Å²) < 4.78 is 1.21. The monoisotopic (exact) mass is 260 g/mol. The number of likely N-dealkylation sites (tertiary alicyclic amines) is 1. The van der Waals surface area contributed by atoms with Crippen LogP contribution in [-0.4, -0.2) is 24.0 Å². The molecule has 1 atom stereocenters. The van der Waals surface area contributed by atoms with Crippen molar-refractivity contribution in [3.05, 3.63) is 20.8 Å². The highest BCUT2D eigenvalue weighted by Crippen LogP contribution is 2.22. The van der Waals surface area contributed by atoms with Gasteiger partial charge in [-0.25, -0.2) is 0 Å². The van der Waals surface area contributed by atoms with Crippen LogP contribution in [0.25, 0.3) is 0 Å². The number of rotatable bonds is 2. The molecule has 1 fully saturated rings. The van der Waals surface area contributed by atoms with E-state index in [2.05, 4.69) is 32.3 Å². The molecule has 13 heavy (non-hydrogen) atoms. The van der Waals surface area contributed by atoms with Crippen molar-refractivity contribution in [1.82, 2.24) is 4.90 Å². The van der Waals surface area contributed by atoms with Gasteiger partial charge in [0.1, 0.15) is 0 Å². The van der Waals surface area contributed by atoms with Gasteiger partial charge in [0, 0.05) is 25.7 Å². The Morgan fingerprint density at radius 3 is 3.08 bits per heavy atom. The van der Waals surface area contributed by atoms with E-state index in [0.29, 0.717) is 6.04 Å². The van der Waals surface area contributed by atoms with Crippen molar-refractivity contribution >= 4 is 27.3 Å². The van der Waals surface area contributed by atoms with Gasteiger partial charge in [-0.1, -0.05) is 0 Å². The second-order valence-electron chi connectivity index (χ2n) is 3.54. The van der Waals surface area contributed by atoms with Crippen LogP contribution in [0, 0.1) is 0 Å². The molecule has 0 unspecified atom stereocenters. The first kappa shape index (κ1) is 9.65. The summed E-state index contributed by atoms with van der Waals surface area (Å²) in [5, 5.41) is 2.20. The van der Waals surface area contributed by atoms with E-state index in [-0.39, 0.29) is 0 Å². The number of thiophene rings is 1. The maximum Gasteiger partial charge on any atom is 0.0701 e. The summed E-state index contributed by atoms with van der Waals surface area (Å²) in [6, 6.07) is 2.58. The first-order chi connectivity index (χ1) is 6.24. The van der Waals surface area contributed by atoms with E-state index >= 15 is 0 Å². The van der Waals surface area contributed by atoms with Gasteiger partial charge in [-0.3, -0.25) is 4.90 Å². The predicted molar refractivity (Wildman–Crippen MR) is 59.9 cm³/mol. The van der Waals surface area contributed by atoms with Gasteiger partial charge in [0.25, 0.3) is 0 Å². The van der Waals surface area contributed by atoms with Crippen LogP contribution >= 0.6 is 27.3 Å². The first-order valence-corrected chi connectivity index (χ1v) is 6.12. The lowest BCUT2D eigenvalue weighted by Crippen LogP contribution is -2.26. The van der Waals surface area contributed by atoms with Gasteiger partial charge in [-0.2, -0.15) is 0 Å². The largest absolute Gasteiger partial charge is 0.326 e. The Labute approximate surface area is 90.9 Å². The normalized spacial score (nSPS) is 24.0. The van der Waals surface area contributed by atoms with Crippen molar-refractivity contribution in [3.8, 4) is 0 Å². The summed E-state index contributed by atoms with van der Waals surface area (Å²) >= 11 is 5.22. The molecule has 1 aromatic rings. The lowest BCUT2D eigenvalue weighted by molar-refractivity contribution is 0.327. The highest BCUT2D eigenvalue weighted by Gasteiger charge is 2.18. The molecule has 2 N–H and O–H groups in total. The molecule has 0 amide bonds. The van der Waals surface area contributed by atoms with Crippen molar-refractivity contribution < 1.29 is 0 Å². The number of hydrogen-bond donors (Lipinski definition) is 1. The zero-order valence-corrected chi connectivity index (χ0v) is 9.77. The molecule has 2 nitrogen and oxygen atoms in total. The molecule has 0 saturated carbocycles. The van der Waals surface area contributed by atoms with Gasteiger partial charge in [0.05, 0.1) is 3.79 Å². The minimum atomic E-state index is 0.391. The van der Waals surface area contributed by atoms with E-state index in [9.17, 15) is 0 Å². The third-order valence-corrected chi connectivity index (χ3v) is 3.89. The van der Waals surface area contributed by atoms with Crippen LogP contribution in [0.1, 0.15) is 12.0 Å². The molecule has 0 spiro atoms. The average Bonchev–Trinajstić information content (AvgIpc) is 2.62. The Bertz CT molecular complexity index is 287. The average molecular weight is 261 g/mol. The molecule has 0 bridgehead atoms. The summed E-state index contributed by atoms with van der Waals surface area (Å²) in [4.78, 5) is 2.42. The second kappa shape index (κ2) is 4.09. The fourth-order valence-electron chi connectivity index (χ4n) is 1.69. The van der Waals surface area contributed by atoms with Crippen LogP contribution in [0.2, 0.25) is 0 Å². The number of nitrogens with zero attached hydrogens (tertiary/aromatic N) is 1. The van der Waals surface area contributed by atoms with E-state index in [0.717, 1.165) is 26.1 Å². The van der Waals surface area contributed by atoms with Crippen molar-refractivity contribution in [1.29, 1.82) is 0 Å². The van der Waals surface area contributed by atoms with Gasteiger partial charge in [0.2, 0.25) is 0 Å². The quantitative estimate of drug-likeness (QED) is 0.882. The van der Waals surface area contributed by atoms with Crippen LogP contribution in [0.3, 0.4) is 0 Å². The number of halogens is 1. The lowest BCUT2D eigenvalue weighted by Gasteiger charge is -2.13. The van der Waals surface area contributed by atoms with Gasteiger partial charge >= 0.3 is 0 Å². The molecule has 0 aromatic carbocycles. The van der Waals surface area contributed by atoms with Crippen molar-refractivity contribution in [3.63, 3.8) is 0 Å². The van der Waals surface area contributed by atoms with Crippen LogP contribution in [0.15, 0.2) is 15.2 Å². The SMILES string of the molecule is N[C@@H]1CCN(Cc2csc(Br)c2)C1. The van der Waals surface area contributed by atoms with Gasteiger partial charge in [-0.05, 0) is 39.4 Å². The molecular weight excluding hydrogens is 248 g/mol. The van der Waals surface area contributed by atoms with Crippen molar-refractivity contribution in [2.45, 2.75) is 19.0 Å². The minimum Gasteiger partial charge on any atom is -0.326 e. The van der Waals surface area contributed by atoms with E-state index < -0.39 is 0 Å². The summed E-state index contributed by atoms with van der Waals surface area (Å²) in [7, 11) is 0. The van der Waals surface area contributed by atoms with Gasteiger partial charge < -0.3 is 5.73 Å². The highest BCUT2D eigenvalue weighted by molar-refractivity contribution is 9.11. The highest BCUT2D eigenvalue weighted by atomic mass is 79.9. The van der Waals surface area contributed by atoms with E-state index in [1.165, 1.54) is 9.35 Å². The lowest BCUT2D eigenvalue weighted by atomic mass is 10.3. The molecule has 4 heteroatoms. The molecule has 1 aliphatic heterocycles. The maximum absolute atomic E-state index is 5.84. The Kier molecular flexibility index (Phi) is 3.03. The third-order valence-electron chi connectivity index (χ3n) is 2.34.